The normalized spacial score (nSPS) is 16.3. The Morgan fingerprint density at radius 1 is 1.29 bits per heavy atom. The Labute approximate surface area is 141 Å². The van der Waals surface area contributed by atoms with Crippen molar-refractivity contribution in [3.8, 4) is 11.4 Å². The van der Waals surface area contributed by atoms with Crippen LogP contribution in [-0.4, -0.2) is 27.9 Å². The molecule has 1 aliphatic rings. The number of thiazole rings is 1. The molecule has 2 N–H and O–H groups in total. The number of amides is 1. The Kier molecular flexibility index (Phi) is 3.62. The zero-order chi connectivity index (χ0) is 16.5. The van der Waals surface area contributed by atoms with Crippen molar-refractivity contribution in [3.63, 3.8) is 0 Å². The highest BCUT2D eigenvalue weighted by molar-refractivity contribution is 7.14. The molecule has 6 nitrogen and oxygen atoms in total. The van der Waals surface area contributed by atoms with E-state index in [1.165, 1.54) is 11.3 Å². The van der Waals surface area contributed by atoms with Crippen LogP contribution in [-0.2, 0) is 16.0 Å². The lowest BCUT2D eigenvalue weighted by molar-refractivity contribution is -0.125. The van der Waals surface area contributed by atoms with Crippen molar-refractivity contribution < 1.29 is 14.3 Å². The number of cyclic esters (lactones) is 1. The summed E-state index contributed by atoms with van der Waals surface area (Å²) in [4.78, 5) is 31.8. The Balaban J connectivity index is 1.48. The minimum atomic E-state index is -0.842. The largest absolute Gasteiger partial charge is 0.448 e. The summed E-state index contributed by atoms with van der Waals surface area (Å²) in [5, 5.41) is 5.05. The van der Waals surface area contributed by atoms with Crippen LogP contribution in [0.4, 0.5) is 5.13 Å². The quantitative estimate of drug-likeness (QED) is 0.719. The molecule has 0 spiro atoms. The molecule has 1 amide bonds. The number of aromatic nitrogens is 2. The molecule has 3 aromatic rings. The summed E-state index contributed by atoms with van der Waals surface area (Å²) in [6.45, 7) is 0. The second-order valence-electron chi connectivity index (χ2n) is 5.37. The molecule has 1 atom stereocenters. The highest BCUT2D eigenvalue weighted by Crippen LogP contribution is 2.25. The Morgan fingerprint density at radius 3 is 3.00 bits per heavy atom. The fraction of sp³-hybridized carbons (Fsp3) is 0.118. The number of anilines is 1. The molecular formula is C17H13N3O3S. The lowest BCUT2D eigenvalue weighted by atomic mass is 9.98. The fourth-order valence-electron chi connectivity index (χ4n) is 2.61. The lowest BCUT2D eigenvalue weighted by Gasteiger charge is -2.23. The summed E-state index contributed by atoms with van der Waals surface area (Å²) in [6.07, 6.45) is 1.33. The molecular weight excluding hydrogens is 326 g/mol. The number of hydrogen-bond donors (Lipinski definition) is 2. The number of rotatable bonds is 3. The Bertz CT molecular complexity index is 901. The summed E-state index contributed by atoms with van der Waals surface area (Å²) in [5.41, 5.74) is 2.97. The standard InChI is InChI=1S/C17H13N3O3S/c21-15(14-8-10-4-1-2-5-11(10)16(22)23-14)20-17-19-13(9-24-17)12-6-3-7-18-12/h1-7,9,14,18H,8H2,(H,19,20,21). The van der Waals surface area contributed by atoms with Gasteiger partial charge in [0, 0.05) is 18.0 Å². The van der Waals surface area contributed by atoms with E-state index in [0.717, 1.165) is 17.0 Å². The number of carbonyl (C=O) groups is 2. The van der Waals surface area contributed by atoms with Gasteiger partial charge in [-0.1, -0.05) is 18.2 Å². The number of nitrogens with one attached hydrogen (secondary N) is 2. The van der Waals surface area contributed by atoms with Gasteiger partial charge in [0.2, 0.25) is 0 Å². The van der Waals surface area contributed by atoms with E-state index >= 15 is 0 Å². The molecule has 1 unspecified atom stereocenters. The maximum Gasteiger partial charge on any atom is 0.339 e. The molecule has 0 aliphatic carbocycles. The van der Waals surface area contributed by atoms with Crippen molar-refractivity contribution in [2.45, 2.75) is 12.5 Å². The zero-order valence-corrected chi connectivity index (χ0v) is 13.3. The van der Waals surface area contributed by atoms with E-state index in [9.17, 15) is 9.59 Å². The second-order valence-corrected chi connectivity index (χ2v) is 6.22. The van der Waals surface area contributed by atoms with E-state index in [1.54, 1.807) is 12.1 Å². The number of esters is 1. The van der Waals surface area contributed by atoms with Gasteiger partial charge in [-0.25, -0.2) is 9.78 Å². The van der Waals surface area contributed by atoms with Crippen LogP contribution in [0, 0.1) is 0 Å². The maximum absolute atomic E-state index is 12.4. The molecule has 0 saturated heterocycles. The number of carbonyl (C=O) groups excluding carboxylic acids is 2. The van der Waals surface area contributed by atoms with Crippen LogP contribution in [0.25, 0.3) is 11.4 Å². The first-order valence-electron chi connectivity index (χ1n) is 7.40. The Morgan fingerprint density at radius 2 is 2.17 bits per heavy atom. The van der Waals surface area contributed by atoms with Crippen molar-refractivity contribution in [2.24, 2.45) is 0 Å². The van der Waals surface area contributed by atoms with Crippen LogP contribution in [0.3, 0.4) is 0 Å². The highest BCUT2D eigenvalue weighted by atomic mass is 32.1. The van der Waals surface area contributed by atoms with Gasteiger partial charge in [-0.3, -0.25) is 10.1 Å². The van der Waals surface area contributed by atoms with Gasteiger partial charge in [0.25, 0.3) is 5.91 Å². The average Bonchev–Trinajstić information content (AvgIpc) is 3.26. The van der Waals surface area contributed by atoms with E-state index in [2.05, 4.69) is 15.3 Å². The highest BCUT2D eigenvalue weighted by Gasteiger charge is 2.31. The van der Waals surface area contributed by atoms with E-state index in [4.69, 9.17) is 4.74 Å². The summed E-state index contributed by atoms with van der Waals surface area (Å²) >= 11 is 1.32. The van der Waals surface area contributed by atoms with E-state index in [0.29, 0.717) is 17.1 Å². The van der Waals surface area contributed by atoms with Gasteiger partial charge in [0.15, 0.2) is 11.2 Å². The summed E-state index contributed by atoms with van der Waals surface area (Å²) in [5.74, 6) is -0.839. The lowest BCUT2D eigenvalue weighted by Crippen LogP contribution is -2.37. The van der Waals surface area contributed by atoms with Crippen LogP contribution < -0.4 is 5.32 Å². The monoisotopic (exact) mass is 339 g/mol. The molecule has 3 heterocycles. The molecule has 24 heavy (non-hydrogen) atoms. The van der Waals surface area contributed by atoms with Crippen LogP contribution >= 0.6 is 11.3 Å². The van der Waals surface area contributed by atoms with Gasteiger partial charge in [-0.05, 0) is 23.8 Å². The smallest absolute Gasteiger partial charge is 0.339 e. The number of fused-ring (bicyclic) bond motifs is 1. The SMILES string of the molecule is O=C1OC(C(=O)Nc2nc(-c3ccc[nH]3)cs2)Cc2ccccc21. The van der Waals surface area contributed by atoms with Gasteiger partial charge in [-0.2, -0.15) is 0 Å². The molecule has 0 bridgehead atoms. The molecule has 0 fully saturated rings. The second kappa shape index (κ2) is 5.93. The molecule has 4 rings (SSSR count). The van der Waals surface area contributed by atoms with Crippen LogP contribution in [0.1, 0.15) is 15.9 Å². The number of aromatic amines is 1. The van der Waals surface area contributed by atoms with Crippen molar-refractivity contribution >= 4 is 28.3 Å². The van der Waals surface area contributed by atoms with Gasteiger partial charge in [0.1, 0.15) is 0 Å². The molecule has 1 aliphatic heterocycles. The predicted octanol–water partition coefficient (Wildman–Crippen LogP) is 2.86. The fourth-order valence-corrected chi connectivity index (χ4v) is 3.32. The van der Waals surface area contributed by atoms with Crippen molar-refractivity contribution in [1.29, 1.82) is 0 Å². The van der Waals surface area contributed by atoms with Crippen molar-refractivity contribution in [1.82, 2.24) is 9.97 Å². The first-order chi connectivity index (χ1) is 11.7. The minimum absolute atomic E-state index is 0.364. The van der Waals surface area contributed by atoms with Gasteiger partial charge >= 0.3 is 5.97 Å². The van der Waals surface area contributed by atoms with Crippen LogP contribution in [0.5, 0.6) is 0 Å². The third kappa shape index (κ3) is 2.69. The first kappa shape index (κ1) is 14.6. The number of H-pyrrole nitrogens is 1. The summed E-state index contributed by atoms with van der Waals surface area (Å²) in [6, 6.07) is 10.9. The van der Waals surface area contributed by atoms with Crippen LogP contribution in [0.15, 0.2) is 48.0 Å². The van der Waals surface area contributed by atoms with E-state index in [1.807, 2.05) is 35.8 Å². The van der Waals surface area contributed by atoms with Crippen molar-refractivity contribution in [2.75, 3.05) is 5.32 Å². The molecule has 0 saturated carbocycles. The summed E-state index contributed by atoms with van der Waals surface area (Å²) in [7, 11) is 0. The van der Waals surface area contributed by atoms with Crippen LogP contribution in [0.2, 0.25) is 0 Å². The molecule has 7 heteroatoms. The van der Waals surface area contributed by atoms with Gasteiger partial charge in [0.05, 0.1) is 17.0 Å². The minimum Gasteiger partial charge on any atom is -0.448 e. The maximum atomic E-state index is 12.4. The topological polar surface area (TPSA) is 84.1 Å². The first-order valence-corrected chi connectivity index (χ1v) is 8.28. The van der Waals surface area contributed by atoms with Crippen molar-refractivity contribution in [3.05, 3.63) is 59.1 Å². The van der Waals surface area contributed by atoms with Gasteiger partial charge in [-0.15, -0.1) is 11.3 Å². The number of benzene rings is 1. The molecule has 2 aromatic heterocycles. The number of nitrogens with zero attached hydrogens (tertiary/aromatic N) is 1. The molecule has 120 valence electrons. The zero-order valence-electron chi connectivity index (χ0n) is 12.5. The summed E-state index contributed by atoms with van der Waals surface area (Å²) < 4.78 is 5.25. The molecule has 1 aromatic carbocycles. The third-order valence-electron chi connectivity index (χ3n) is 3.79. The van der Waals surface area contributed by atoms with Gasteiger partial charge < -0.3 is 9.72 Å². The predicted molar refractivity (Wildman–Crippen MR) is 89.9 cm³/mol. The third-order valence-corrected chi connectivity index (χ3v) is 4.55. The Hall–Kier alpha value is -2.93. The average molecular weight is 339 g/mol. The number of ether oxygens (including phenoxy) is 1. The van der Waals surface area contributed by atoms with E-state index in [-0.39, 0.29) is 5.91 Å². The van der Waals surface area contributed by atoms with E-state index < -0.39 is 12.1 Å². The molecule has 0 radical (unpaired) electrons. The number of hydrogen-bond acceptors (Lipinski definition) is 5.